The fraction of sp³-hybridized carbons (Fsp3) is 0.667. The van der Waals surface area contributed by atoms with E-state index in [0.717, 1.165) is 32.4 Å². The van der Waals surface area contributed by atoms with Crippen LogP contribution >= 0.6 is 0 Å². The maximum atomic E-state index is 12.2. The number of aromatic nitrogens is 2. The number of hydrogen-bond acceptors (Lipinski definition) is 6. The lowest BCUT2D eigenvalue weighted by Gasteiger charge is -2.33. The zero-order valence-corrected chi connectivity index (χ0v) is 18.2. The van der Waals surface area contributed by atoms with Crippen molar-refractivity contribution in [2.24, 2.45) is 7.05 Å². The number of amides is 1. The number of aryl methyl sites for hydroxylation is 1. The number of alkyl halides is 6. The summed E-state index contributed by atoms with van der Waals surface area (Å²) in [5.74, 6) is -4.93. The summed E-state index contributed by atoms with van der Waals surface area (Å²) >= 11 is 0. The maximum absolute atomic E-state index is 12.2. The molecule has 1 aliphatic rings. The van der Waals surface area contributed by atoms with Gasteiger partial charge < -0.3 is 25.2 Å². The maximum Gasteiger partial charge on any atom is 0.490 e. The average Bonchev–Trinajstić information content (AvgIpc) is 3.17. The van der Waals surface area contributed by atoms with Crippen LogP contribution in [0.1, 0.15) is 38.1 Å². The number of imidazole rings is 1. The smallest absolute Gasteiger partial charge is 0.475 e. The first-order chi connectivity index (χ1) is 15.5. The molecule has 10 nitrogen and oxygen atoms in total. The second-order valence-corrected chi connectivity index (χ2v) is 6.90. The van der Waals surface area contributed by atoms with Crippen LogP contribution in [0.3, 0.4) is 0 Å². The Kier molecular flexibility index (Phi) is 12.6. The lowest BCUT2D eigenvalue weighted by Crippen LogP contribution is -2.50. The number of carbonyl (C=O) groups excluding carboxylic acids is 1. The molecule has 0 spiro atoms. The number of hydrogen-bond donors (Lipinski definition) is 4. The van der Waals surface area contributed by atoms with Crippen molar-refractivity contribution in [1.29, 1.82) is 0 Å². The zero-order chi connectivity index (χ0) is 26.7. The van der Waals surface area contributed by atoms with E-state index in [2.05, 4.69) is 22.1 Å². The number of likely N-dealkylation sites (tertiary alicyclic amines) is 1. The molecule has 2 heterocycles. The first-order valence-electron chi connectivity index (χ1n) is 9.79. The number of likely N-dealkylation sites (N-methyl/N-ethyl adjacent to an activating group) is 1. The van der Waals surface area contributed by atoms with Crippen molar-refractivity contribution in [2.75, 3.05) is 19.6 Å². The van der Waals surface area contributed by atoms with Gasteiger partial charge in [-0.05, 0) is 25.9 Å². The van der Waals surface area contributed by atoms with Crippen molar-refractivity contribution in [3.8, 4) is 0 Å². The topological polar surface area (TPSA) is 145 Å². The van der Waals surface area contributed by atoms with Gasteiger partial charge in [-0.1, -0.05) is 13.3 Å². The number of nitrogens with one attached hydrogen (secondary N) is 1. The van der Waals surface area contributed by atoms with E-state index in [9.17, 15) is 36.2 Å². The third-order valence-electron chi connectivity index (χ3n) is 4.43. The van der Waals surface area contributed by atoms with Gasteiger partial charge in [0.2, 0.25) is 5.91 Å². The molecule has 1 aliphatic heterocycles. The van der Waals surface area contributed by atoms with Gasteiger partial charge in [-0.25, -0.2) is 14.6 Å². The molecule has 4 N–H and O–H groups in total. The normalized spacial score (nSPS) is 17.4. The molecule has 2 rings (SSSR count). The second-order valence-electron chi connectivity index (χ2n) is 6.90. The van der Waals surface area contributed by atoms with E-state index in [0.29, 0.717) is 5.82 Å². The number of nitrogens with zero attached hydrogens (tertiary/aromatic N) is 3. The van der Waals surface area contributed by atoms with Crippen LogP contribution in [0.5, 0.6) is 0 Å². The molecule has 0 aliphatic carbocycles. The Bertz CT molecular complexity index is 775. The summed E-state index contributed by atoms with van der Waals surface area (Å²) < 4.78 is 65.2. The highest BCUT2D eigenvalue weighted by Crippen LogP contribution is 2.17. The molecule has 2 atom stereocenters. The van der Waals surface area contributed by atoms with Gasteiger partial charge in [-0.15, -0.1) is 0 Å². The van der Waals surface area contributed by atoms with Crippen LogP contribution in [0.4, 0.5) is 26.3 Å². The van der Waals surface area contributed by atoms with Crippen molar-refractivity contribution in [3.63, 3.8) is 0 Å². The summed E-state index contributed by atoms with van der Waals surface area (Å²) in [5.41, 5.74) is 0. The number of halogens is 6. The van der Waals surface area contributed by atoms with Gasteiger partial charge in [0.05, 0.1) is 12.6 Å². The number of piperidine rings is 1. The van der Waals surface area contributed by atoms with Crippen LogP contribution in [-0.4, -0.2) is 85.6 Å². The minimum Gasteiger partial charge on any atom is -0.475 e. The van der Waals surface area contributed by atoms with Crippen molar-refractivity contribution in [2.45, 2.75) is 50.7 Å². The Morgan fingerprint density at radius 2 is 1.62 bits per heavy atom. The minimum absolute atomic E-state index is 0.0137. The Morgan fingerprint density at radius 1 is 1.12 bits per heavy atom. The van der Waals surface area contributed by atoms with Gasteiger partial charge in [-0.2, -0.15) is 26.3 Å². The number of aliphatic hydroxyl groups is 1. The van der Waals surface area contributed by atoms with Crippen LogP contribution in [0, 0.1) is 0 Å². The first kappa shape index (κ1) is 31.1. The number of carboxylic acids is 2. The van der Waals surface area contributed by atoms with E-state index >= 15 is 0 Å². The first-order valence-corrected chi connectivity index (χ1v) is 9.79. The highest BCUT2D eigenvalue weighted by molar-refractivity contribution is 5.81. The zero-order valence-electron chi connectivity index (χ0n) is 18.2. The summed E-state index contributed by atoms with van der Waals surface area (Å²) in [6.07, 6.45) is -4.36. The standard InChI is InChI=1S/C14H24N4O2.2C2HF3O2/c1-3-18-8-5-4-6-11(18)14(20)16-10-12(19)13-15-7-9-17(13)2;2*3-2(4,5)1(6)7/h7,9,11-12,19H,3-6,8,10H2,1-2H3,(H,16,20);2*(H,6,7). The van der Waals surface area contributed by atoms with E-state index in [-0.39, 0.29) is 18.5 Å². The number of rotatable bonds is 5. The molecule has 196 valence electrons. The van der Waals surface area contributed by atoms with E-state index in [1.54, 1.807) is 17.0 Å². The van der Waals surface area contributed by atoms with Crippen molar-refractivity contribution in [1.82, 2.24) is 19.8 Å². The molecule has 1 aromatic rings. The summed E-state index contributed by atoms with van der Waals surface area (Å²) in [6.45, 7) is 4.16. The van der Waals surface area contributed by atoms with Crippen LogP contribution < -0.4 is 5.32 Å². The molecule has 0 radical (unpaired) electrons. The fourth-order valence-electron chi connectivity index (χ4n) is 2.77. The van der Waals surface area contributed by atoms with Crippen LogP contribution in [0.15, 0.2) is 12.4 Å². The summed E-state index contributed by atoms with van der Waals surface area (Å²) in [7, 11) is 1.83. The molecule has 0 aromatic carbocycles. The van der Waals surface area contributed by atoms with E-state index in [4.69, 9.17) is 19.8 Å². The number of carboxylic acid groups (broad SMARTS) is 2. The van der Waals surface area contributed by atoms with E-state index in [1.165, 1.54) is 0 Å². The Labute approximate surface area is 190 Å². The SMILES string of the molecule is CCN1CCCCC1C(=O)NCC(O)c1nccn1C.O=C(O)C(F)(F)F.O=C(O)C(F)(F)F. The predicted molar refractivity (Wildman–Crippen MR) is 103 cm³/mol. The lowest BCUT2D eigenvalue weighted by molar-refractivity contribution is -0.193. The quantitative estimate of drug-likeness (QED) is 0.440. The minimum atomic E-state index is -5.08. The summed E-state index contributed by atoms with van der Waals surface area (Å²) in [4.78, 5) is 36.3. The Hall–Kier alpha value is -2.88. The van der Waals surface area contributed by atoms with E-state index in [1.807, 2.05) is 7.05 Å². The molecular weight excluding hydrogens is 482 g/mol. The molecule has 2 unspecified atom stereocenters. The molecule has 0 bridgehead atoms. The van der Waals surface area contributed by atoms with E-state index < -0.39 is 30.4 Å². The average molecular weight is 508 g/mol. The molecule has 16 heteroatoms. The van der Waals surface area contributed by atoms with Crippen molar-refractivity contribution in [3.05, 3.63) is 18.2 Å². The molecular formula is C18H26F6N4O6. The Balaban J connectivity index is 0.000000642. The summed E-state index contributed by atoms with van der Waals surface area (Å²) in [6, 6.07) is -0.0534. The number of aliphatic carboxylic acids is 2. The van der Waals surface area contributed by atoms with Crippen molar-refractivity contribution < 1.29 is 56.0 Å². The van der Waals surface area contributed by atoms with Crippen LogP contribution in [0.2, 0.25) is 0 Å². The van der Waals surface area contributed by atoms with Gasteiger partial charge in [-0.3, -0.25) is 9.69 Å². The summed E-state index contributed by atoms with van der Waals surface area (Å²) in [5, 5.41) is 27.1. The molecule has 1 saturated heterocycles. The molecule has 1 amide bonds. The molecule has 1 fully saturated rings. The third kappa shape index (κ3) is 11.3. The lowest BCUT2D eigenvalue weighted by atomic mass is 10.0. The molecule has 0 saturated carbocycles. The van der Waals surface area contributed by atoms with Gasteiger partial charge >= 0.3 is 24.3 Å². The Morgan fingerprint density at radius 3 is 2.00 bits per heavy atom. The third-order valence-corrected chi connectivity index (χ3v) is 4.43. The van der Waals surface area contributed by atoms with Gasteiger partial charge in [0.1, 0.15) is 11.9 Å². The number of aliphatic hydroxyl groups excluding tert-OH is 1. The molecule has 34 heavy (non-hydrogen) atoms. The monoisotopic (exact) mass is 508 g/mol. The second kappa shape index (κ2) is 13.7. The highest BCUT2D eigenvalue weighted by atomic mass is 19.4. The van der Waals surface area contributed by atoms with Crippen molar-refractivity contribution >= 4 is 17.8 Å². The highest BCUT2D eigenvalue weighted by Gasteiger charge is 2.38. The number of carbonyl (C=O) groups is 3. The fourth-order valence-corrected chi connectivity index (χ4v) is 2.77. The van der Waals surface area contributed by atoms with Crippen LogP contribution in [-0.2, 0) is 21.4 Å². The molecule has 1 aromatic heterocycles. The van der Waals surface area contributed by atoms with Gasteiger partial charge in [0, 0.05) is 19.4 Å². The largest absolute Gasteiger partial charge is 0.490 e. The van der Waals surface area contributed by atoms with Crippen LogP contribution in [0.25, 0.3) is 0 Å². The predicted octanol–water partition coefficient (Wildman–Crippen LogP) is 1.71. The van der Waals surface area contributed by atoms with Gasteiger partial charge in [0.25, 0.3) is 0 Å². The van der Waals surface area contributed by atoms with Gasteiger partial charge in [0.15, 0.2) is 0 Å².